The third kappa shape index (κ3) is 2.47. The Morgan fingerprint density at radius 3 is 2.93 bits per heavy atom. The molecule has 1 heterocycles. The minimum absolute atomic E-state index is 0.0271. The Labute approximate surface area is 88.8 Å². The third-order valence-electron chi connectivity index (χ3n) is 2.79. The van der Waals surface area contributed by atoms with Crippen LogP contribution in [-0.4, -0.2) is 49.1 Å². The Bertz CT molecular complexity index is 276. The number of amides is 2. The van der Waals surface area contributed by atoms with E-state index in [0.717, 1.165) is 12.8 Å². The largest absolute Gasteiger partial charge is 0.375 e. The minimum atomic E-state index is -0.145. The van der Waals surface area contributed by atoms with Crippen LogP contribution >= 0.6 is 0 Å². The Morgan fingerprint density at radius 1 is 1.60 bits per heavy atom. The molecule has 84 valence electrons. The molecule has 5 nitrogen and oxygen atoms in total. The molecule has 2 rings (SSSR count). The van der Waals surface area contributed by atoms with Crippen molar-refractivity contribution in [3.63, 3.8) is 0 Å². The van der Waals surface area contributed by atoms with Gasteiger partial charge in [0, 0.05) is 26.1 Å². The zero-order chi connectivity index (χ0) is 10.8. The zero-order valence-electron chi connectivity index (χ0n) is 8.86. The molecule has 1 atom stereocenters. The van der Waals surface area contributed by atoms with Gasteiger partial charge in [-0.05, 0) is 12.8 Å². The highest BCUT2D eigenvalue weighted by atomic mass is 16.5. The number of rotatable bonds is 4. The molecule has 1 aliphatic carbocycles. The summed E-state index contributed by atoms with van der Waals surface area (Å²) in [4.78, 5) is 24.7. The van der Waals surface area contributed by atoms with Gasteiger partial charge in [-0.3, -0.25) is 9.59 Å². The van der Waals surface area contributed by atoms with E-state index in [4.69, 9.17) is 4.74 Å². The molecule has 2 fully saturated rings. The van der Waals surface area contributed by atoms with Gasteiger partial charge in [-0.15, -0.1) is 0 Å². The Morgan fingerprint density at radius 2 is 2.33 bits per heavy atom. The number of nitrogens with one attached hydrogen (secondary N) is 1. The van der Waals surface area contributed by atoms with E-state index in [1.807, 2.05) is 4.90 Å². The van der Waals surface area contributed by atoms with Crippen LogP contribution < -0.4 is 5.32 Å². The second kappa shape index (κ2) is 4.18. The topological polar surface area (TPSA) is 58.6 Å². The fourth-order valence-electron chi connectivity index (χ4n) is 1.97. The number of carbonyl (C=O) groups excluding carboxylic acids is 2. The Hall–Kier alpha value is -1.10. The lowest BCUT2D eigenvalue weighted by Gasteiger charge is -2.15. The first-order valence-corrected chi connectivity index (χ1v) is 5.28. The first-order chi connectivity index (χ1) is 7.20. The molecule has 0 bridgehead atoms. The van der Waals surface area contributed by atoms with Crippen molar-refractivity contribution in [1.82, 2.24) is 10.2 Å². The van der Waals surface area contributed by atoms with Crippen LogP contribution in [0.15, 0.2) is 0 Å². The lowest BCUT2D eigenvalue weighted by molar-refractivity contribution is -0.128. The van der Waals surface area contributed by atoms with Gasteiger partial charge in [-0.1, -0.05) is 0 Å². The summed E-state index contributed by atoms with van der Waals surface area (Å²) in [5.74, 6) is 0.0214. The van der Waals surface area contributed by atoms with Gasteiger partial charge in [-0.2, -0.15) is 0 Å². The summed E-state index contributed by atoms with van der Waals surface area (Å²) in [6.45, 7) is 0.729. The van der Waals surface area contributed by atoms with Crippen molar-refractivity contribution in [1.29, 1.82) is 0 Å². The van der Waals surface area contributed by atoms with E-state index in [0.29, 0.717) is 19.0 Å². The molecule has 2 aliphatic rings. The Balaban J connectivity index is 1.80. The number of likely N-dealkylation sites (tertiary alicyclic amines) is 1. The number of nitrogens with zero attached hydrogens (tertiary/aromatic N) is 1. The van der Waals surface area contributed by atoms with Crippen molar-refractivity contribution in [3.8, 4) is 0 Å². The zero-order valence-corrected chi connectivity index (χ0v) is 8.86. The SMILES string of the molecule is COCC(=O)N[C@@H]1CC(=O)N(C2CC2)C1. The van der Waals surface area contributed by atoms with Crippen LogP contribution in [0.3, 0.4) is 0 Å². The van der Waals surface area contributed by atoms with Crippen molar-refractivity contribution in [2.75, 3.05) is 20.3 Å². The van der Waals surface area contributed by atoms with Crippen molar-refractivity contribution in [3.05, 3.63) is 0 Å². The van der Waals surface area contributed by atoms with E-state index < -0.39 is 0 Å². The van der Waals surface area contributed by atoms with Crippen molar-refractivity contribution in [2.45, 2.75) is 31.3 Å². The second-order valence-electron chi connectivity index (χ2n) is 4.18. The maximum Gasteiger partial charge on any atom is 0.246 e. The average Bonchev–Trinajstić information content (AvgIpc) is 2.93. The predicted molar refractivity (Wildman–Crippen MR) is 53.2 cm³/mol. The Kier molecular flexibility index (Phi) is 2.90. The molecule has 1 N–H and O–H groups in total. The van der Waals surface area contributed by atoms with Gasteiger partial charge in [0.05, 0.1) is 6.04 Å². The molecule has 0 spiro atoms. The highest BCUT2D eigenvalue weighted by molar-refractivity contribution is 5.83. The summed E-state index contributed by atoms with van der Waals surface area (Å²) in [6.07, 6.45) is 2.67. The standard InChI is InChI=1S/C10H16N2O3/c1-15-6-9(13)11-7-4-10(14)12(5-7)8-2-3-8/h7-8H,2-6H2,1H3,(H,11,13)/t7-/m1/s1. The maximum absolute atomic E-state index is 11.5. The van der Waals surface area contributed by atoms with Crippen LogP contribution in [0.4, 0.5) is 0 Å². The summed E-state index contributed by atoms with van der Waals surface area (Å²) in [6, 6.07) is 0.419. The van der Waals surface area contributed by atoms with E-state index in [2.05, 4.69) is 5.32 Å². The molecule has 1 saturated heterocycles. The maximum atomic E-state index is 11.5. The number of ether oxygens (including phenoxy) is 1. The van der Waals surface area contributed by atoms with Crippen LogP contribution in [0.2, 0.25) is 0 Å². The van der Waals surface area contributed by atoms with Gasteiger partial charge in [0.25, 0.3) is 0 Å². The molecule has 1 saturated carbocycles. The van der Waals surface area contributed by atoms with Crippen LogP contribution in [0.5, 0.6) is 0 Å². The van der Waals surface area contributed by atoms with E-state index in [1.54, 1.807) is 0 Å². The molecule has 0 aromatic carbocycles. The molecular formula is C10H16N2O3. The van der Waals surface area contributed by atoms with Crippen LogP contribution in [-0.2, 0) is 14.3 Å². The van der Waals surface area contributed by atoms with Crippen molar-refractivity contribution >= 4 is 11.8 Å². The molecule has 5 heteroatoms. The van der Waals surface area contributed by atoms with Crippen LogP contribution in [0.1, 0.15) is 19.3 Å². The van der Waals surface area contributed by atoms with Gasteiger partial charge >= 0.3 is 0 Å². The summed E-state index contributed by atoms with van der Waals surface area (Å²) in [7, 11) is 1.48. The molecule has 1 aliphatic heterocycles. The van der Waals surface area contributed by atoms with Crippen molar-refractivity contribution < 1.29 is 14.3 Å². The number of hydrogen-bond donors (Lipinski definition) is 1. The number of hydrogen-bond acceptors (Lipinski definition) is 3. The summed E-state index contributed by atoms with van der Waals surface area (Å²) >= 11 is 0. The highest BCUT2D eigenvalue weighted by Crippen LogP contribution is 2.30. The molecule has 2 amide bonds. The van der Waals surface area contributed by atoms with Crippen LogP contribution in [0, 0.1) is 0 Å². The fourth-order valence-corrected chi connectivity index (χ4v) is 1.97. The lowest BCUT2D eigenvalue weighted by Crippen LogP contribution is -2.39. The summed E-state index contributed by atoms with van der Waals surface area (Å²) < 4.78 is 4.72. The molecule has 15 heavy (non-hydrogen) atoms. The third-order valence-corrected chi connectivity index (χ3v) is 2.79. The van der Waals surface area contributed by atoms with Crippen LogP contribution in [0.25, 0.3) is 0 Å². The minimum Gasteiger partial charge on any atom is -0.375 e. The van der Waals surface area contributed by atoms with E-state index in [1.165, 1.54) is 7.11 Å². The van der Waals surface area contributed by atoms with Gasteiger partial charge in [0.1, 0.15) is 6.61 Å². The molecule has 0 radical (unpaired) electrons. The molecule has 0 aromatic rings. The van der Waals surface area contributed by atoms with Gasteiger partial charge in [-0.25, -0.2) is 0 Å². The van der Waals surface area contributed by atoms with E-state index in [-0.39, 0.29) is 24.5 Å². The first-order valence-electron chi connectivity index (χ1n) is 5.28. The molecule has 0 aromatic heterocycles. The molecular weight excluding hydrogens is 196 g/mol. The van der Waals surface area contributed by atoms with E-state index in [9.17, 15) is 9.59 Å². The van der Waals surface area contributed by atoms with Crippen molar-refractivity contribution in [2.24, 2.45) is 0 Å². The van der Waals surface area contributed by atoms with Gasteiger partial charge in [0.2, 0.25) is 11.8 Å². The van der Waals surface area contributed by atoms with Gasteiger partial charge < -0.3 is 15.0 Å². The second-order valence-corrected chi connectivity index (χ2v) is 4.18. The lowest BCUT2D eigenvalue weighted by atomic mass is 10.2. The monoisotopic (exact) mass is 212 g/mol. The summed E-state index contributed by atoms with van der Waals surface area (Å²) in [5, 5.41) is 2.80. The van der Waals surface area contributed by atoms with Gasteiger partial charge in [0.15, 0.2) is 0 Å². The average molecular weight is 212 g/mol. The van der Waals surface area contributed by atoms with E-state index >= 15 is 0 Å². The smallest absolute Gasteiger partial charge is 0.246 e. The first kappa shape index (κ1) is 10.4. The number of carbonyl (C=O) groups is 2. The highest BCUT2D eigenvalue weighted by Gasteiger charge is 2.39. The fraction of sp³-hybridized carbons (Fsp3) is 0.800. The predicted octanol–water partition coefficient (Wildman–Crippen LogP) is -0.488. The summed E-state index contributed by atoms with van der Waals surface area (Å²) in [5.41, 5.74) is 0. The normalized spacial score (nSPS) is 25.8. The molecule has 0 unspecified atom stereocenters. The number of methoxy groups -OCH3 is 1. The quantitative estimate of drug-likeness (QED) is 0.684.